The molecule has 0 bridgehead atoms. The molecular formula is C15H19BrN4O. The fraction of sp³-hybridized carbons (Fsp3) is 0.333. The standard InChI is InChI=1S/C15H19BrN4O/c1-10-15(17)11(2)20(18-10)9-14(21)19(3)8-12-6-4-5-7-13(12)16/h4-7H,8-9,17H2,1-3H3. The highest BCUT2D eigenvalue weighted by molar-refractivity contribution is 9.10. The predicted molar refractivity (Wildman–Crippen MR) is 86.7 cm³/mol. The zero-order chi connectivity index (χ0) is 15.6. The zero-order valence-corrected chi connectivity index (χ0v) is 14.0. The van der Waals surface area contributed by atoms with Crippen molar-refractivity contribution in [2.45, 2.75) is 26.9 Å². The molecule has 0 unspecified atom stereocenters. The molecule has 0 atom stereocenters. The van der Waals surface area contributed by atoms with Crippen LogP contribution in [0.25, 0.3) is 0 Å². The molecular weight excluding hydrogens is 332 g/mol. The first-order chi connectivity index (χ1) is 9.90. The van der Waals surface area contributed by atoms with E-state index in [1.54, 1.807) is 16.6 Å². The van der Waals surface area contributed by atoms with Crippen LogP contribution in [0.4, 0.5) is 5.69 Å². The van der Waals surface area contributed by atoms with Gasteiger partial charge in [-0.25, -0.2) is 0 Å². The highest BCUT2D eigenvalue weighted by Crippen LogP contribution is 2.18. The van der Waals surface area contributed by atoms with Crippen molar-refractivity contribution in [3.05, 3.63) is 45.7 Å². The van der Waals surface area contributed by atoms with Gasteiger partial charge in [-0.05, 0) is 25.5 Å². The first kappa shape index (κ1) is 15.6. The molecule has 0 fully saturated rings. The number of amides is 1. The number of anilines is 1. The lowest BCUT2D eigenvalue weighted by molar-refractivity contribution is -0.131. The minimum Gasteiger partial charge on any atom is -0.396 e. The van der Waals surface area contributed by atoms with E-state index in [4.69, 9.17) is 5.73 Å². The van der Waals surface area contributed by atoms with Gasteiger partial charge in [-0.3, -0.25) is 9.48 Å². The van der Waals surface area contributed by atoms with Gasteiger partial charge in [0.05, 0.1) is 17.1 Å². The molecule has 1 aromatic heterocycles. The van der Waals surface area contributed by atoms with Crippen molar-refractivity contribution in [2.75, 3.05) is 12.8 Å². The average Bonchev–Trinajstić information content (AvgIpc) is 2.68. The number of hydrogen-bond acceptors (Lipinski definition) is 3. The number of nitrogen functional groups attached to an aromatic ring is 1. The summed E-state index contributed by atoms with van der Waals surface area (Å²) >= 11 is 3.49. The second-order valence-corrected chi connectivity index (χ2v) is 5.94. The maximum Gasteiger partial charge on any atom is 0.244 e. The summed E-state index contributed by atoms with van der Waals surface area (Å²) in [6.07, 6.45) is 0. The van der Waals surface area contributed by atoms with Crippen LogP contribution in [0.1, 0.15) is 17.0 Å². The molecule has 1 aromatic carbocycles. The molecule has 6 heteroatoms. The lowest BCUT2D eigenvalue weighted by atomic mass is 10.2. The largest absolute Gasteiger partial charge is 0.396 e. The third-order valence-electron chi connectivity index (χ3n) is 3.51. The number of benzene rings is 1. The van der Waals surface area contributed by atoms with Crippen molar-refractivity contribution in [1.82, 2.24) is 14.7 Å². The Kier molecular flexibility index (Phi) is 4.67. The Hall–Kier alpha value is -1.82. The Morgan fingerprint density at radius 3 is 2.62 bits per heavy atom. The van der Waals surface area contributed by atoms with Gasteiger partial charge in [-0.15, -0.1) is 0 Å². The predicted octanol–water partition coefficient (Wildman–Crippen LogP) is 2.50. The maximum absolute atomic E-state index is 12.3. The molecule has 2 N–H and O–H groups in total. The summed E-state index contributed by atoms with van der Waals surface area (Å²) in [7, 11) is 1.79. The number of aryl methyl sites for hydroxylation is 1. The number of rotatable bonds is 4. The van der Waals surface area contributed by atoms with Crippen LogP contribution in [-0.4, -0.2) is 27.6 Å². The third kappa shape index (κ3) is 3.44. The van der Waals surface area contributed by atoms with Crippen LogP contribution in [0.3, 0.4) is 0 Å². The number of aromatic nitrogens is 2. The van der Waals surface area contributed by atoms with Crippen LogP contribution in [0.5, 0.6) is 0 Å². The van der Waals surface area contributed by atoms with E-state index >= 15 is 0 Å². The molecule has 0 aliphatic heterocycles. The Balaban J connectivity index is 2.06. The van der Waals surface area contributed by atoms with Gasteiger partial charge in [0.15, 0.2) is 0 Å². The van der Waals surface area contributed by atoms with E-state index < -0.39 is 0 Å². The molecule has 0 spiro atoms. The van der Waals surface area contributed by atoms with Crippen LogP contribution < -0.4 is 5.73 Å². The van der Waals surface area contributed by atoms with Crippen LogP contribution >= 0.6 is 15.9 Å². The van der Waals surface area contributed by atoms with Crippen molar-refractivity contribution < 1.29 is 4.79 Å². The van der Waals surface area contributed by atoms with E-state index in [1.807, 2.05) is 38.1 Å². The van der Waals surface area contributed by atoms with Crippen molar-refractivity contribution in [3.8, 4) is 0 Å². The number of likely N-dealkylation sites (N-methyl/N-ethyl adjacent to an activating group) is 1. The average molecular weight is 351 g/mol. The molecule has 0 aliphatic rings. The quantitative estimate of drug-likeness (QED) is 0.921. The lowest BCUT2D eigenvalue weighted by Gasteiger charge is -2.18. The number of carbonyl (C=O) groups is 1. The van der Waals surface area contributed by atoms with Gasteiger partial charge < -0.3 is 10.6 Å². The van der Waals surface area contributed by atoms with Gasteiger partial charge in [0.2, 0.25) is 5.91 Å². The molecule has 21 heavy (non-hydrogen) atoms. The maximum atomic E-state index is 12.3. The molecule has 5 nitrogen and oxygen atoms in total. The minimum absolute atomic E-state index is 0.00338. The van der Waals surface area contributed by atoms with Gasteiger partial charge in [-0.2, -0.15) is 5.10 Å². The second-order valence-electron chi connectivity index (χ2n) is 5.08. The summed E-state index contributed by atoms with van der Waals surface area (Å²) in [5.41, 5.74) is 9.19. The first-order valence-corrected chi connectivity index (χ1v) is 7.46. The molecule has 0 radical (unpaired) electrons. The summed E-state index contributed by atoms with van der Waals surface area (Å²) in [6, 6.07) is 7.87. The van der Waals surface area contributed by atoms with Gasteiger partial charge >= 0.3 is 0 Å². The summed E-state index contributed by atoms with van der Waals surface area (Å²) in [5.74, 6) is -0.00338. The van der Waals surface area contributed by atoms with E-state index in [1.165, 1.54) is 0 Å². The highest BCUT2D eigenvalue weighted by atomic mass is 79.9. The van der Waals surface area contributed by atoms with Crippen molar-refractivity contribution in [2.24, 2.45) is 0 Å². The third-order valence-corrected chi connectivity index (χ3v) is 4.29. The number of nitrogens with zero attached hydrogens (tertiary/aromatic N) is 3. The van der Waals surface area contributed by atoms with Crippen molar-refractivity contribution in [3.63, 3.8) is 0 Å². The topological polar surface area (TPSA) is 64.2 Å². The molecule has 2 rings (SSSR count). The number of nitrogens with two attached hydrogens (primary N) is 1. The minimum atomic E-state index is -0.00338. The second kappa shape index (κ2) is 6.30. The fourth-order valence-electron chi connectivity index (χ4n) is 2.08. The molecule has 0 saturated carbocycles. The van der Waals surface area contributed by atoms with Crippen molar-refractivity contribution in [1.29, 1.82) is 0 Å². The summed E-state index contributed by atoms with van der Waals surface area (Å²) in [4.78, 5) is 14.0. The molecule has 112 valence electrons. The number of carbonyl (C=O) groups excluding carboxylic acids is 1. The monoisotopic (exact) mass is 350 g/mol. The smallest absolute Gasteiger partial charge is 0.244 e. The Labute approximate surface area is 132 Å². The number of halogens is 1. The Morgan fingerprint density at radius 1 is 1.38 bits per heavy atom. The SMILES string of the molecule is Cc1nn(CC(=O)N(C)Cc2ccccc2Br)c(C)c1N. The molecule has 1 heterocycles. The van der Waals surface area contributed by atoms with Gasteiger partial charge in [0.25, 0.3) is 0 Å². The normalized spacial score (nSPS) is 10.7. The van der Waals surface area contributed by atoms with Crippen molar-refractivity contribution >= 4 is 27.5 Å². The molecule has 0 aliphatic carbocycles. The Morgan fingerprint density at radius 2 is 2.05 bits per heavy atom. The fourth-order valence-corrected chi connectivity index (χ4v) is 2.49. The van der Waals surface area contributed by atoms with E-state index in [2.05, 4.69) is 21.0 Å². The van der Waals surface area contributed by atoms with Crippen LogP contribution in [0.15, 0.2) is 28.7 Å². The van der Waals surface area contributed by atoms with E-state index in [0.29, 0.717) is 12.2 Å². The van der Waals surface area contributed by atoms with Gasteiger partial charge in [-0.1, -0.05) is 34.1 Å². The van der Waals surface area contributed by atoms with Crippen LogP contribution in [0.2, 0.25) is 0 Å². The van der Waals surface area contributed by atoms with Crippen LogP contribution in [0, 0.1) is 13.8 Å². The van der Waals surface area contributed by atoms with Crippen LogP contribution in [-0.2, 0) is 17.9 Å². The summed E-state index contributed by atoms with van der Waals surface area (Å²) < 4.78 is 2.66. The number of hydrogen-bond donors (Lipinski definition) is 1. The van der Waals surface area contributed by atoms with E-state index in [-0.39, 0.29) is 12.5 Å². The highest BCUT2D eigenvalue weighted by Gasteiger charge is 2.15. The molecule has 0 saturated heterocycles. The van der Waals surface area contributed by atoms with Gasteiger partial charge in [0, 0.05) is 18.1 Å². The summed E-state index contributed by atoms with van der Waals surface area (Å²) in [6.45, 7) is 4.46. The van der Waals surface area contributed by atoms with E-state index in [9.17, 15) is 4.79 Å². The van der Waals surface area contributed by atoms with E-state index in [0.717, 1.165) is 21.4 Å². The van der Waals surface area contributed by atoms with Gasteiger partial charge in [0.1, 0.15) is 6.54 Å². The lowest BCUT2D eigenvalue weighted by Crippen LogP contribution is -2.30. The zero-order valence-electron chi connectivity index (χ0n) is 12.4. The first-order valence-electron chi connectivity index (χ1n) is 6.67. The molecule has 2 aromatic rings. The molecule has 1 amide bonds. The summed E-state index contributed by atoms with van der Waals surface area (Å²) in [5, 5.41) is 4.29. The Bertz CT molecular complexity index is 666.